The lowest BCUT2D eigenvalue weighted by atomic mass is 9.85. The van der Waals surface area contributed by atoms with Gasteiger partial charge in [-0.05, 0) is 86.1 Å². The molecule has 0 saturated heterocycles. The molecule has 3 aromatic carbocycles. The first-order valence-electron chi connectivity index (χ1n) is 14.0. The van der Waals surface area contributed by atoms with Gasteiger partial charge >= 0.3 is 12.2 Å². The Morgan fingerprint density at radius 2 is 1.76 bits per heavy atom. The van der Waals surface area contributed by atoms with Crippen LogP contribution >= 0.6 is 0 Å². The number of hydrogen-bond donors (Lipinski definition) is 1. The molecule has 2 aliphatic rings. The van der Waals surface area contributed by atoms with E-state index in [4.69, 9.17) is 4.99 Å². The second-order valence-electron chi connectivity index (χ2n) is 11.8. The van der Waals surface area contributed by atoms with Crippen LogP contribution < -0.4 is 5.32 Å². The number of hydrogen-bond acceptors (Lipinski definition) is 3. The Balaban J connectivity index is 1.41. The smallest absolute Gasteiger partial charge is 0.333 e. The van der Waals surface area contributed by atoms with Crippen LogP contribution in [0.25, 0.3) is 11.1 Å². The highest BCUT2D eigenvalue weighted by Gasteiger charge is 2.32. The van der Waals surface area contributed by atoms with E-state index >= 15 is 0 Å². The van der Waals surface area contributed by atoms with Crippen LogP contribution in [0.5, 0.6) is 0 Å². The summed E-state index contributed by atoms with van der Waals surface area (Å²) < 4.78 is 40.4. The third-order valence-corrected chi connectivity index (χ3v) is 7.52. The molecular formula is C33H34F3N3O2. The molecule has 0 atom stereocenters. The zero-order chi connectivity index (χ0) is 29.4. The molecule has 0 spiro atoms. The number of halogens is 3. The van der Waals surface area contributed by atoms with E-state index in [1.165, 1.54) is 11.6 Å². The van der Waals surface area contributed by atoms with Crippen LogP contribution in [-0.4, -0.2) is 34.5 Å². The first-order chi connectivity index (χ1) is 19.4. The number of rotatable bonds is 6. The molecule has 3 aromatic rings. The van der Waals surface area contributed by atoms with Gasteiger partial charge in [0, 0.05) is 42.7 Å². The zero-order valence-corrected chi connectivity index (χ0v) is 23.6. The number of carbonyl (C=O) groups excluding carboxylic acids is 2. The first-order valence-corrected chi connectivity index (χ1v) is 14.0. The lowest BCUT2D eigenvalue weighted by molar-refractivity contribution is -0.137. The van der Waals surface area contributed by atoms with E-state index in [0.717, 1.165) is 35.5 Å². The fourth-order valence-corrected chi connectivity index (χ4v) is 5.57. The van der Waals surface area contributed by atoms with Gasteiger partial charge in [-0.1, -0.05) is 42.5 Å². The van der Waals surface area contributed by atoms with Crippen LogP contribution in [0.2, 0.25) is 0 Å². The van der Waals surface area contributed by atoms with Crippen LogP contribution in [0, 0.1) is 0 Å². The van der Waals surface area contributed by atoms with Gasteiger partial charge in [0.1, 0.15) is 0 Å². The van der Waals surface area contributed by atoms with Gasteiger partial charge in [0.05, 0.1) is 11.3 Å². The molecule has 1 N–H and O–H groups in total. The monoisotopic (exact) mass is 561 g/mol. The topological polar surface area (TPSA) is 61.8 Å². The van der Waals surface area contributed by atoms with Gasteiger partial charge in [-0.2, -0.15) is 13.2 Å². The number of para-hydroxylation sites is 1. The molecule has 2 heterocycles. The highest BCUT2D eigenvalue weighted by molar-refractivity contribution is 6.00. The van der Waals surface area contributed by atoms with Crippen molar-refractivity contribution in [2.75, 3.05) is 6.54 Å². The summed E-state index contributed by atoms with van der Waals surface area (Å²) in [5, 5.41) is 2.98. The third kappa shape index (κ3) is 6.53. The van der Waals surface area contributed by atoms with Crippen LogP contribution in [0.1, 0.15) is 72.6 Å². The lowest BCUT2D eigenvalue weighted by Crippen LogP contribution is -2.50. The van der Waals surface area contributed by atoms with Crippen molar-refractivity contribution in [2.24, 2.45) is 4.99 Å². The average molecular weight is 562 g/mol. The lowest BCUT2D eigenvalue weighted by Gasteiger charge is -2.34. The molecule has 0 radical (unpaired) electrons. The van der Waals surface area contributed by atoms with Crippen molar-refractivity contribution in [1.82, 2.24) is 10.2 Å². The maximum absolute atomic E-state index is 13.5. The molecule has 41 heavy (non-hydrogen) atoms. The number of amides is 2. The second kappa shape index (κ2) is 11.1. The molecule has 0 saturated carbocycles. The van der Waals surface area contributed by atoms with E-state index in [0.29, 0.717) is 54.5 Å². The van der Waals surface area contributed by atoms with Gasteiger partial charge in [0.15, 0.2) is 5.78 Å². The minimum atomic E-state index is -4.46. The summed E-state index contributed by atoms with van der Waals surface area (Å²) in [6.07, 6.45) is -1.55. The Hall–Kier alpha value is -3.94. The predicted octanol–water partition coefficient (Wildman–Crippen LogP) is 7.92. The minimum Gasteiger partial charge on any atom is -0.333 e. The molecule has 0 bridgehead atoms. The molecule has 5 nitrogen and oxygen atoms in total. The minimum absolute atomic E-state index is 0.0361. The molecule has 0 aliphatic carbocycles. The Labute approximate surface area is 238 Å². The Morgan fingerprint density at radius 3 is 2.49 bits per heavy atom. The maximum Gasteiger partial charge on any atom is 0.416 e. The van der Waals surface area contributed by atoms with E-state index in [1.807, 2.05) is 39.0 Å². The zero-order valence-electron chi connectivity index (χ0n) is 23.6. The standard InChI is InChI=1S/C33H34F3N3O2/c1-32(2,3)38-31(41)39-17-16-26-25(21-9-6-10-23(18-21)33(34,35)36)14-15-27(28(26)20-39)30(40)13-7-11-24-19-22-8-4-5-12-29(22)37-24/h4-6,8-10,12,14-15,18H,7,11,13,16-17,19-20H2,1-3H3,(H,38,41). The summed E-state index contributed by atoms with van der Waals surface area (Å²) in [6, 6.07) is 16.5. The highest BCUT2D eigenvalue weighted by atomic mass is 19.4. The summed E-state index contributed by atoms with van der Waals surface area (Å²) in [5.74, 6) is -0.0361. The van der Waals surface area contributed by atoms with Crippen molar-refractivity contribution in [3.63, 3.8) is 0 Å². The summed E-state index contributed by atoms with van der Waals surface area (Å²) in [4.78, 5) is 32.9. The van der Waals surface area contributed by atoms with Crippen molar-refractivity contribution in [3.05, 3.63) is 88.5 Å². The number of ketones is 1. The summed E-state index contributed by atoms with van der Waals surface area (Å²) in [5.41, 5.74) is 5.27. The van der Waals surface area contributed by atoms with Crippen molar-refractivity contribution in [1.29, 1.82) is 0 Å². The van der Waals surface area contributed by atoms with Crippen LogP contribution in [0.4, 0.5) is 23.7 Å². The van der Waals surface area contributed by atoms with Gasteiger partial charge in [0.2, 0.25) is 0 Å². The normalized spacial score (nSPS) is 14.8. The molecule has 0 fully saturated rings. The Kier molecular flexibility index (Phi) is 7.77. The molecule has 0 aromatic heterocycles. The Bertz CT molecular complexity index is 1520. The Morgan fingerprint density at radius 1 is 0.976 bits per heavy atom. The number of urea groups is 1. The molecule has 2 amide bonds. The van der Waals surface area contributed by atoms with E-state index in [9.17, 15) is 22.8 Å². The number of carbonyl (C=O) groups is 2. The summed E-state index contributed by atoms with van der Waals surface area (Å²) in [7, 11) is 0. The van der Waals surface area contributed by atoms with E-state index in [1.54, 1.807) is 23.1 Å². The van der Waals surface area contributed by atoms with Gasteiger partial charge in [-0.3, -0.25) is 9.79 Å². The molecule has 0 unspecified atom stereocenters. The fourth-order valence-electron chi connectivity index (χ4n) is 5.57. The number of Topliss-reactive ketones (excluding diaryl/α,β-unsaturated/α-hetero) is 1. The summed E-state index contributed by atoms with van der Waals surface area (Å²) in [6.45, 7) is 6.32. The molecule has 214 valence electrons. The second-order valence-corrected chi connectivity index (χ2v) is 11.8. The molecule has 8 heteroatoms. The first kappa shape index (κ1) is 28.6. The van der Waals surface area contributed by atoms with Crippen molar-refractivity contribution < 1.29 is 22.8 Å². The maximum atomic E-state index is 13.5. The van der Waals surface area contributed by atoms with Gasteiger partial charge in [-0.15, -0.1) is 0 Å². The number of alkyl halides is 3. The van der Waals surface area contributed by atoms with E-state index in [-0.39, 0.29) is 18.4 Å². The predicted molar refractivity (Wildman–Crippen MR) is 155 cm³/mol. The number of fused-ring (bicyclic) bond motifs is 2. The largest absolute Gasteiger partial charge is 0.416 e. The van der Waals surface area contributed by atoms with Gasteiger partial charge < -0.3 is 10.2 Å². The van der Waals surface area contributed by atoms with Crippen LogP contribution in [0.15, 0.2) is 65.7 Å². The molecule has 2 aliphatic heterocycles. The quantitative estimate of drug-likeness (QED) is 0.311. The van der Waals surface area contributed by atoms with Crippen molar-refractivity contribution in [2.45, 2.75) is 71.1 Å². The average Bonchev–Trinajstić information content (AvgIpc) is 3.33. The van der Waals surface area contributed by atoms with Gasteiger partial charge in [0.25, 0.3) is 0 Å². The van der Waals surface area contributed by atoms with E-state index in [2.05, 4.69) is 11.4 Å². The SMILES string of the molecule is CC(C)(C)NC(=O)N1CCc2c(-c3cccc(C(F)(F)F)c3)ccc(C(=O)CCCC3=Nc4ccccc4C3)c2C1. The fraction of sp³-hybridized carbons (Fsp3) is 0.364. The highest BCUT2D eigenvalue weighted by Crippen LogP contribution is 2.37. The summed E-state index contributed by atoms with van der Waals surface area (Å²) >= 11 is 0. The third-order valence-electron chi connectivity index (χ3n) is 7.52. The van der Waals surface area contributed by atoms with Crippen LogP contribution in [-0.2, 0) is 25.6 Å². The number of nitrogens with zero attached hydrogens (tertiary/aromatic N) is 2. The van der Waals surface area contributed by atoms with Gasteiger partial charge in [-0.25, -0.2) is 4.79 Å². The molecule has 5 rings (SSSR count). The number of aliphatic imine (C=N–C) groups is 1. The number of benzene rings is 3. The van der Waals surface area contributed by atoms with Crippen molar-refractivity contribution >= 4 is 23.2 Å². The number of nitrogens with one attached hydrogen (secondary N) is 1. The molecular weight excluding hydrogens is 527 g/mol. The van der Waals surface area contributed by atoms with Crippen LogP contribution in [0.3, 0.4) is 0 Å². The van der Waals surface area contributed by atoms with Crippen molar-refractivity contribution in [3.8, 4) is 11.1 Å². The van der Waals surface area contributed by atoms with E-state index < -0.39 is 17.3 Å².